The minimum Gasteiger partial charge on any atom is -0.337 e. The first kappa shape index (κ1) is 9.71. The van der Waals surface area contributed by atoms with Gasteiger partial charge < -0.3 is 4.90 Å². The van der Waals surface area contributed by atoms with E-state index in [0.29, 0.717) is 9.97 Å². The van der Waals surface area contributed by atoms with E-state index in [1.54, 1.807) is 4.52 Å². The zero-order valence-electron chi connectivity index (χ0n) is 8.67. The van der Waals surface area contributed by atoms with Crippen LogP contribution in [0.15, 0.2) is 6.33 Å². The van der Waals surface area contributed by atoms with Gasteiger partial charge in [-0.2, -0.15) is 4.52 Å². The van der Waals surface area contributed by atoms with Crippen LogP contribution in [0.2, 0.25) is 0 Å². The summed E-state index contributed by atoms with van der Waals surface area (Å²) in [4.78, 5) is 14.6. The van der Waals surface area contributed by atoms with Crippen LogP contribution < -0.4 is 0 Å². The van der Waals surface area contributed by atoms with Gasteiger partial charge in [-0.05, 0) is 19.3 Å². The SMILES string of the molecule is O=C(c1nn2cnnc2s1)N1CCCCC1. The minimum absolute atomic E-state index is 0.0233. The van der Waals surface area contributed by atoms with Crippen molar-refractivity contribution < 1.29 is 4.79 Å². The Labute approximate surface area is 95.9 Å². The molecular weight excluding hydrogens is 226 g/mol. The number of hydrogen-bond donors (Lipinski definition) is 0. The van der Waals surface area contributed by atoms with E-state index in [1.165, 1.54) is 24.1 Å². The number of rotatable bonds is 1. The fraction of sp³-hybridized carbons (Fsp3) is 0.556. The molecule has 0 radical (unpaired) electrons. The zero-order valence-corrected chi connectivity index (χ0v) is 9.48. The lowest BCUT2D eigenvalue weighted by Crippen LogP contribution is -2.35. The Hall–Kier alpha value is -1.50. The second kappa shape index (κ2) is 3.82. The van der Waals surface area contributed by atoms with Crippen molar-refractivity contribution in [1.29, 1.82) is 0 Å². The summed E-state index contributed by atoms with van der Waals surface area (Å²) in [6, 6.07) is 0. The number of nitrogens with zero attached hydrogens (tertiary/aromatic N) is 5. The number of carbonyl (C=O) groups is 1. The van der Waals surface area contributed by atoms with Crippen LogP contribution in [0, 0.1) is 0 Å². The molecule has 1 fully saturated rings. The Kier molecular flexibility index (Phi) is 2.32. The van der Waals surface area contributed by atoms with E-state index in [2.05, 4.69) is 15.3 Å². The summed E-state index contributed by atoms with van der Waals surface area (Å²) in [5, 5.41) is 12.2. The summed E-state index contributed by atoms with van der Waals surface area (Å²) in [6.07, 6.45) is 4.92. The molecule has 6 nitrogen and oxygen atoms in total. The van der Waals surface area contributed by atoms with E-state index in [1.807, 2.05) is 4.90 Å². The third-order valence-corrected chi connectivity index (χ3v) is 3.61. The third-order valence-electron chi connectivity index (χ3n) is 2.71. The maximum Gasteiger partial charge on any atom is 0.284 e. The van der Waals surface area contributed by atoms with Gasteiger partial charge in [0.25, 0.3) is 5.91 Å². The van der Waals surface area contributed by atoms with Crippen LogP contribution in [0.25, 0.3) is 4.96 Å². The molecule has 0 atom stereocenters. The second-order valence-corrected chi connectivity index (χ2v) is 4.77. The van der Waals surface area contributed by atoms with Gasteiger partial charge in [0.15, 0.2) is 0 Å². The molecule has 3 heterocycles. The fourth-order valence-electron chi connectivity index (χ4n) is 1.88. The average molecular weight is 237 g/mol. The van der Waals surface area contributed by atoms with Gasteiger partial charge in [-0.3, -0.25) is 4.79 Å². The first-order valence-electron chi connectivity index (χ1n) is 5.31. The van der Waals surface area contributed by atoms with Crippen LogP contribution in [0.1, 0.15) is 29.1 Å². The van der Waals surface area contributed by atoms with Crippen LogP contribution in [0.4, 0.5) is 0 Å². The molecule has 0 aliphatic carbocycles. The highest BCUT2D eigenvalue weighted by molar-refractivity contribution is 7.18. The Morgan fingerprint density at radius 2 is 2.12 bits per heavy atom. The maximum atomic E-state index is 12.1. The molecule has 2 aromatic rings. The first-order chi connectivity index (χ1) is 7.84. The van der Waals surface area contributed by atoms with Gasteiger partial charge in [0, 0.05) is 13.1 Å². The summed E-state index contributed by atoms with van der Waals surface area (Å²) in [5.41, 5.74) is 0. The van der Waals surface area contributed by atoms with Gasteiger partial charge in [-0.15, -0.1) is 15.3 Å². The van der Waals surface area contributed by atoms with Gasteiger partial charge in [0.2, 0.25) is 9.97 Å². The van der Waals surface area contributed by atoms with Crippen molar-refractivity contribution >= 4 is 22.2 Å². The molecule has 0 unspecified atom stereocenters. The zero-order chi connectivity index (χ0) is 11.0. The van der Waals surface area contributed by atoms with Crippen LogP contribution >= 0.6 is 11.3 Å². The van der Waals surface area contributed by atoms with Crippen molar-refractivity contribution in [3.63, 3.8) is 0 Å². The minimum atomic E-state index is 0.0233. The van der Waals surface area contributed by atoms with Crippen LogP contribution in [0.5, 0.6) is 0 Å². The number of likely N-dealkylation sites (tertiary alicyclic amines) is 1. The highest BCUT2D eigenvalue weighted by atomic mass is 32.1. The normalized spacial score (nSPS) is 16.9. The smallest absolute Gasteiger partial charge is 0.284 e. The standard InChI is InChI=1S/C9H11N5OS/c15-8(13-4-2-1-3-5-13)7-12-14-6-10-11-9(14)16-7/h6H,1-5H2. The van der Waals surface area contributed by atoms with E-state index in [-0.39, 0.29) is 5.91 Å². The highest BCUT2D eigenvalue weighted by Crippen LogP contribution is 2.17. The van der Waals surface area contributed by atoms with Gasteiger partial charge in [-0.1, -0.05) is 11.3 Å². The van der Waals surface area contributed by atoms with E-state index in [0.717, 1.165) is 25.9 Å². The quantitative estimate of drug-likeness (QED) is 0.736. The number of piperidine rings is 1. The molecule has 3 rings (SSSR count). The van der Waals surface area contributed by atoms with Crippen molar-refractivity contribution in [2.24, 2.45) is 0 Å². The molecule has 1 amide bonds. The largest absolute Gasteiger partial charge is 0.337 e. The fourth-order valence-corrected chi connectivity index (χ4v) is 2.67. The molecule has 1 saturated heterocycles. The predicted molar refractivity (Wildman–Crippen MR) is 58.4 cm³/mol. The summed E-state index contributed by atoms with van der Waals surface area (Å²) in [7, 11) is 0. The molecule has 84 valence electrons. The van der Waals surface area contributed by atoms with Gasteiger partial charge in [0.1, 0.15) is 6.33 Å². The third kappa shape index (κ3) is 1.57. The molecule has 0 N–H and O–H groups in total. The van der Waals surface area contributed by atoms with E-state index in [4.69, 9.17) is 0 Å². The molecule has 1 aliphatic rings. The molecular formula is C9H11N5OS. The van der Waals surface area contributed by atoms with E-state index in [9.17, 15) is 4.79 Å². The van der Waals surface area contributed by atoms with Crippen molar-refractivity contribution in [2.75, 3.05) is 13.1 Å². The van der Waals surface area contributed by atoms with Crippen LogP contribution in [-0.2, 0) is 0 Å². The lowest BCUT2D eigenvalue weighted by Gasteiger charge is -2.25. The molecule has 16 heavy (non-hydrogen) atoms. The van der Waals surface area contributed by atoms with Gasteiger partial charge >= 0.3 is 0 Å². The number of amides is 1. The van der Waals surface area contributed by atoms with Crippen LogP contribution in [0.3, 0.4) is 0 Å². The number of hydrogen-bond acceptors (Lipinski definition) is 5. The molecule has 2 aromatic heterocycles. The topological polar surface area (TPSA) is 63.4 Å². The lowest BCUT2D eigenvalue weighted by molar-refractivity contribution is 0.0722. The summed E-state index contributed by atoms with van der Waals surface area (Å²) in [6.45, 7) is 1.69. The second-order valence-electron chi connectivity index (χ2n) is 3.82. The summed E-state index contributed by atoms with van der Waals surface area (Å²) in [5.74, 6) is 0.0233. The van der Waals surface area contributed by atoms with Crippen molar-refractivity contribution in [2.45, 2.75) is 19.3 Å². The Bertz CT molecular complexity index is 484. The van der Waals surface area contributed by atoms with Gasteiger partial charge in [-0.25, -0.2) is 0 Å². The highest BCUT2D eigenvalue weighted by Gasteiger charge is 2.22. The van der Waals surface area contributed by atoms with Crippen molar-refractivity contribution in [1.82, 2.24) is 24.7 Å². The van der Waals surface area contributed by atoms with E-state index < -0.39 is 0 Å². The number of aromatic nitrogens is 4. The monoisotopic (exact) mass is 237 g/mol. The molecule has 0 saturated carbocycles. The lowest BCUT2D eigenvalue weighted by atomic mass is 10.1. The van der Waals surface area contributed by atoms with E-state index >= 15 is 0 Å². The molecule has 1 aliphatic heterocycles. The average Bonchev–Trinajstić information content (AvgIpc) is 2.89. The van der Waals surface area contributed by atoms with Crippen molar-refractivity contribution in [3.05, 3.63) is 11.3 Å². The molecule has 0 aromatic carbocycles. The molecule has 7 heteroatoms. The molecule has 0 bridgehead atoms. The Balaban J connectivity index is 1.86. The number of carbonyl (C=O) groups excluding carboxylic acids is 1. The molecule has 0 spiro atoms. The Morgan fingerprint density at radius 1 is 1.31 bits per heavy atom. The number of fused-ring (bicyclic) bond motifs is 1. The first-order valence-corrected chi connectivity index (χ1v) is 6.12. The van der Waals surface area contributed by atoms with Crippen LogP contribution in [-0.4, -0.2) is 43.7 Å². The summed E-state index contributed by atoms with van der Waals surface area (Å²) >= 11 is 1.29. The van der Waals surface area contributed by atoms with Crippen molar-refractivity contribution in [3.8, 4) is 0 Å². The Morgan fingerprint density at radius 3 is 2.88 bits per heavy atom. The summed E-state index contributed by atoms with van der Waals surface area (Å²) < 4.78 is 1.54. The maximum absolute atomic E-state index is 12.1. The van der Waals surface area contributed by atoms with Gasteiger partial charge in [0.05, 0.1) is 0 Å². The predicted octanol–water partition coefficient (Wildman–Crippen LogP) is 0.812.